The molecule has 0 heterocycles. The molecule has 0 spiro atoms. The third-order valence-electron chi connectivity index (χ3n) is 2.53. The summed E-state index contributed by atoms with van der Waals surface area (Å²) in [4.78, 5) is 0. The topological polar surface area (TPSA) is 0 Å². The van der Waals surface area contributed by atoms with Gasteiger partial charge in [-0.05, 0) is 18.3 Å². The first-order chi connectivity index (χ1) is 5.61. The molecular weight excluding hydrogens is 144 g/mol. The molecule has 0 fully saturated rings. The van der Waals surface area contributed by atoms with Gasteiger partial charge in [-0.25, -0.2) is 0 Å². The Morgan fingerprint density at radius 3 is 2.25 bits per heavy atom. The zero-order valence-electron chi connectivity index (χ0n) is 8.93. The molecule has 0 saturated heterocycles. The van der Waals surface area contributed by atoms with Gasteiger partial charge >= 0.3 is 0 Å². The van der Waals surface area contributed by atoms with E-state index in [0.717, 1.165) is 0 Å². The van der Waals surface area contributed by atoms with Crippen LogP contribution in [0.2, 0.25) is 0 Å². The van der Waals surface area contributed by atoms with Gasteiger partial charge in [0.05, 0.1) is 0 Å². The monoisotopic (exact) mass is 166 g/mol. The largest absolute Gasteiger partial charge is 0.0956 e. The van der Waals surface area contributed by atoms with Gasteiger partial charge in [0.1, 0.15) is 0 Å². The maximum Gasteiger partial charge on any atom is -0.0199 e. The van der Waals surface area contributed by atoms with Gasteiger partial charge in [0.15, 0.2) is 0 Å². The molecule has 70 valence electrons. The number of rotatable bonds is 5. The van der Waals surface area contributed by atoms with Crippen LogP contribution in [0.15, 0.2) is 24.3 Å². The Bertz CT molecular complexity index is 153. The van der Waals surface area contributed by atoms with Crippen LogP contribution in [0.5, 0.6) is 0 Å². The lowest BCUT2D eigenvalue weighted by atomic mass is 9.98. The minimum atomic E-state index is 0.630. The fourth-order valence-corrected chi connectivity index (χ4v) is 0.850. The van der Waals surface area contributed by atoms with Crippen LogP contribution in [0.4, 0.5) is 0 Å². The van der Waals surface area contributed by atoms with Crippen LogP contribution >= 0.6 is 0 Å². The molecule has 0 radical (unpaired) electrons. The standard InChI is InChI=1S/C12H22/c1-6-10(3)8-9-12(5)11(4)7-2/h8-11H,5-7H2,1-4H3. The van der Waals surface area contributed by atoms with E-state index in [1.165, 1.54) is 18.4 Å². The summed E-state index contributed by atoms with van der Waals surface area (Å²) in [6.45, 7) is 12.9. The molecule has 0 aliphatic rings. The Kier molecular flexibility index (Phi) is 5.79. The summed E-state index contributed by atoms with van der Waals surface area (Å²) in [6.07, 6.45) is 6.84. The van der Waals surface area contributed by atoms with E-state index in [9.17, 15) is 0 Å². The Morgan fingerprint density at radius 2 is 1.83 bits per heavy atom. The molecule has 0 amide bonds. The molecule has 0 saturated carbocycles. The second kappa shape index (κ2) is 6.05. The van der Waals surface area contributed by atoms with Crippen LogP contribution < -0.4 is 0 Å². The molecule has 2 atom stereocenters. The van der Waals surface area contributed by atoms with Crippen molar-refractivity contribution < 1.29 is 0 Å². The van der Waals surface area contributed by atoms with E-state index in [1.807, 2.05) is 0 Å². The number of hydrogen-bond acceptors (Lipinski definition) is 0. The van der Waals surface area contributed by atoms with Crippen molar-refractivity contribution in [1.82, 2.24) is 0 Å². The molecule has 0 aromatic rings. The first-order valence-corrected chi connectivity index (χ1v) is 4.98. The Balaban J connectivity index is 3.90. The Hall–Kier alpha value is -0.520. The lowest BCUT2D eigenvalue weighted by Gasteiger charge is -2.08. The molecular formula is C12H22. The van der Waals surface area contributed by atoms with Crippen molar-refractivity contribution in [2.45, 2.75) is 40.5 Å². The zero-order valence-corrected chi connectivity index (χ0v) is 8.93. The normalized spacial score (nSPS) is 16.3. The summed E-state index contributed by atoms with van der Waals surface area (Å²) in [5.41, 5.74) is 1.26. The second-order valence-electron chi connectivity index (χ2n) is 3.63. The highest BCUT2D eigenvalue weighted by Gasteiger charge is 2.00. The minimum Gasteiger partial charge on any atom is -0.0956 e. The quantitative estimate of drug-likeness (QED) is 0.537. The van der Waals surface area contributed by atoms with Crippen molar-refractivity contribution in [3.63, 3.8) is 0 Å². The van der Waals surface area contributed by atoms with Crippen LogP contribution in [0.3, 0.4) is 0 Å². The van der Waals surface area contributed by atoms with Gasteiger partial charge in [-0.15, -0.1) is 0 Å². The third kappa shape index (κ3) is 4.38. The first-order valence-electron chi connectivity index (χ1n) is 4.98. The molecule has 0 aromatic carbocycles. The van der Waals surface area contributed by atoms with Gasteiger partial charge < -0.3 is 0 Å². The van der Waals surface area contributed by atoms with Gasteiger partial charge in [0, 0.05) is 0 Å². The van der Waals surface area contributed by atoms with Crippen molar-refractivity contribution in [1.29, 1.82) is 0 Å². The van der Waals surface area contributed by atoms with Crippen LogP contribution in [0.1, 0.15) is 40.5 Å². The van der Waals surface area contributed by atoms with Crippen molar-refractivity contribution in [3.05, 3.63) is 24.3 Å². The molecule has 0 aromatic heterocycles. The van der Waals surface area contributed by atoms with E-state index >= 15 is 0 Å². The Morgan fingerprint density at radius 1 is 1.25 bits per heavy atom. The summed E-state index contributed by atoms with van der Waals surface area (Å²) in [7, 11) is 0. The zero-order chi connectivity index (χ0) is 9.56. The van der Waals surface area contributed by atoms with Crippen molar-refractivity contribution in [2.24, 2.45) is 11.8 Å². The molecule has 12 heavy (non-hydrogen) atoms. The van der Waals surface area contributed by atoms with E-state index in [2.05, 4.69) is 46.4 Å². The maximum absolute atomic E-state index is 4.04. The van der Waals surface area contributed by atoms with E-state index in [-0.39, 0.29) is 0 Å². The fourth-order valence-electron chi connectivity index (χ4n) is 0.850. The summed E-state index contributed by atoms with van der Waals surface area (Å²) < 4.78 is 0. The van der Waals surface area contributed by atoms with E-state index in [4.69, 9.17) is 0 Å². The van der Waals surface area contributed by atoms with Crippen molar-refractivity contribution >= 4 is 0 Å². The predicted molar refractivity (Wildman–Crippen MR) is 57.2 cm³/mol. The molecule has 0 nitrogen and oxygen atoms in total. The minimum absolute atomic E-state index is 0.630. The first kappa shape index (κ1) is 11.5. The smallest absolute Gasteiger partial charge is 0.0199 e. The van der Waals surface area contributed by atoms with Gasteiger partial charge in [-0.3, -0.25) is 0 Å². The lowest BCUT2D eigenvalue weighted by molar-refractivity contribution is 0.664. The highest BCUT2D eigenvalue weighted by atomic mass is 14.1. The fraction of sp³-hybridized carbons (Fsp3) is 0.667. The summed E-state index contributed by atoms with van der Waals surface area (Å²) in [5.74, 6) is 1.32. The highest BCUT2D eigenvalue weighted by molar-refractivity contribution is 5.17. The average molecular weight is 166 g/mol. The summed E-state index contributed by atoms with van der Waals surface area (Å²) in [5, 5.41) is 0. The van der Waals surface area contributed by atoms with Crippen LogP contribution in [0.25, 0.3) is 0 Å². The van der Waals surface area contributed by atoms with Crippen LogP contribution in [-0.4, -0.2) is 0 Å². The van der Waals surface area contributed by atoms with Gasteiger partial charge in [-0.1, -0.05) is 58.4 Å². The van der Waals surface area contributed by atoms with E-state index in [0.29, 0.717) is 11.8 Å². The number of allylic oxidation sites excluding steroid dienone is 3. The average Bonchev–Trinajstić information content (AvgIpc) is 2.11. The van der Waals surface area contributed by atoms with Crippen molar-refractivity contribution in [2.75, 3.05) is 0 Å². The molecule has 0 rings (SSSR count). The molecule has 2 unspecified atom stereocenters. The van der Waals surface area contributed by atoms with E-state index < -0.39 is 0 Å². The summed E-state index contributed by atoms with van der Waals surface area (Å²) >= 11 is 0. The van der Waals surface area contributed by atoms with E-state index in [1.54, 1.807) is 0 Å². The molecule has 0 aliphatic carbocycles. The van der Waals surface area contributed by atoms with Gasteiger partial charge in [0.25, 0.3) is 0 Å². The molecule has 0 aliphatic heterocycles. The second-order valence-corrected chi connectivity index (χ2v) is 3.63. The van der Waals surface area contributed by atoms with Gasteiger partial charge in [-0.2, -0.15) is 0 Å². The predicted octanol–water partition coefficient (Wildman–Crippen LogP) is 4.19. The lowest BCUT2D eigenvalue weighted by Crippen LogP contribution is -1.94. The molecule has 0 heteroatoms. The highest BCUT2D eigenvalue weighted by Crippen LogP contribution is 2.14. The van der Waals surface area contributed by atoms with Crippen molar-refractivity contribution in [3.8, 4) is 0 Å². The third-order valence-corrected chi connectivity index (χ3v) is 2.53. The maximum atomic E-state index is 4.04. The van der Waals surface area contributed by atoms with Crippen LogP contribution in [-0.2, 0) is 0 Å². The van der Waals surface area contributed by atoms with Gasteiger partial charge in [0.2, 0.25) is 0 Å². The van der Waals surface area contributed by atoms with Crippen LogP contribution in [0, 0.1) is 11.8 Å². The molecule has 0 N–H and O–H groups in total. The molecule has 0 bridgehead atoms. The summed E-state index contributed by atoms with van der Waals surface area (Å²) in [6, 6.07) is 0. The Labute approximate surface area is 77.4 Å². The SMILES string of the molecule is C=C(C=CC(C)CC)C(C)CC. The number of hydrogen-bond donors (Lipinski definition) is 0.